The summed E-state index contributed by atoms with van der Waals surface area (Å²) in [6.07, 6.45) is 5.43. The van der Waals surface area contributed by atoms with Crippen LogP contribution in [-0.2, 0) is 4.79 Å². The second-order valence-electron chi connectivity index (χ2n) is 5.72. The van der Waals surface area contributed by atoms with Crippen LogP contribution in [0.15, 0.2) is 0 Å². The summed E-state index contributed by atoms with van der Waals surface area (Å²) in [6, 6.07) is 0.374. The zero-order chi connectivity index (χ0) is 11.5. The van der Waals surface area contributed by atoms with E-state index in [1.807, 2.05) is 0 Å². The minimum atomic E-state index is -0.384. The van der Waals surface area contributed by atoms with Gasteiger partial charge in [0, 0.05) is 6.04 Å². The second-order valence-corrected chi connectivity index (χ2v) is 6.25. The molecule has 0 aliphatic heterocycles. The molecular weight excluding hydrogens is 210 g/mol. The fraction of sp³-hybridized carbons (Fsp3) is 0.917. The molecule has 1 atom stereocenters. The van der Waals surface area contributed by atoms with Gasteiger partial charge in [0.2, 0.25) is 5.91 Å². The summed E-state index contributed by atoms with van der Waals surface area (Å²) < 4.78 is 0. The van der Waals surface area contributed by atoms with Gasteiger partial charge in [0.05, 0.1) is 0 Å². The van der Waals surface area contributed by atoms with Gasteiger partial charge in [-0.25, -0.2) is 0 Å². The Morgan fingerprint density at radius 1 is 1.40 bits per heavy atom. The number of rotatable bonds is 3. The van der Waals surface area contributed by atoms with Gasteiger partial charge in [-0.15, -0.1) is 11.6 Å². The molecule has 1 aliphatic carbocycles. The molecule has 1 rings (SSSR count). The van der Waals surface area contributed by atoms with Crippen molar-refractivity contribution in [2.24, 2.45) is 5.41 Å². The quantitative estimate of drug-likeness (QED) is 0.744. The summed E-state index contributed by atoms with van der Waals surface area (Å²) in [5.74, 6) is 0.0125. The topological polar surface area (TPSA) is 29.1 Å². The Bertz CT molecular complexity index is 216. The number of halogens is 1. The van der Waals surface area contributed by atoms with Gasteiger partial charge in [0.1, 0.15) is 5.38 Å². The van der Waals surface area contributed by atoms with Crippen LogP contribution in [-0.4, -0.2) is 17.3 Å². The van der Waals surface area contributed by atoms with E-state index in [2.05, 4.69) is 26.1 Å². The molecule has 2 nitrogen and oxygen atoms in total. The van der Waals surface area contributed by atoms with E-state index in [1.165, 1.54) is 12.8 Å². The molecule has 0 aromatic rings. The normalized spacial score (nSPS) is 20.3. The summed E-state index contributed by atoms with van der Waals surface area (Å²) in [4.78, 5) is 11.7. The number of hydrogen-bond donors (Lipinski definition) is 1. The first kappa shape index (κ1) is 12.8. The highest BCUT2D eigenvalue weighted by atomic mass is 35.5. The second kappa shape index (κ2) is 5.20. The number of hydrogen-bond acceptors (Lipinski definition) is 1. The van der Waals surface area contributed by atoms with Gasteiger partial charge in [0.15, 0.2) is 0 Å². The van der Waals surface area contributed by atoms with Gasteiger partial charge >= 0.3 is 0 Å². The Labute approximate surface area is 97.8 Å². The highest BCUT2D eigenvalue weighted by molar-refractivity contribution is 6.30. The van der Waals surface area contributed by atoms with Crippen LogP contribution in [0.3, 0.4) is 0 Å². The first-order valence-electron chi connectivity index (χ1n) is 5.83. The van der Waals surface area contributed by atoms with E-state index >= 15 is 0 Å². The monoisotopic (exact) mass is 231 g/mol. The SMILES string of the molecule is CC(C)(C)CC(Cl)C(=O)NC1CCCC1. The first-order chi connectivity index (χ1) is 6.88. The van der Waals surface area contributed by atoms with Crippen molar-refractivity contribution in [2.75, 3.05) is 0 Å². The Morgan fingerprint density at radius 3 is 2.40 bits per heavy atom. The average Bonchev–Trinajstić information content (AvgIpc) is 2.53. The first-order valence-corrected chi connectivity index (χ1v) is 6.26. The number of carbonyl (C=O) groups is 1. The third-order valence-corrected chi connectivity index (χ3v) is 3.13. The Kier molecular flexibility index (Phi) is 4.45. The van der Waals surface area contributed by atoms with Crippen molar-refractivity contribution < 1.29 is 4.79 Å². The predicted octanol–water partition coefficient (Wildman–Crippen LogP) is 3.09. The van der Waals surface area contributed by atoms with Crippen molar-refractivity contribution in [2.45, 2.75) is 64.3 Å². The van der Waals surface area contributed by atoms with Crippen LogP contribution in [0, 0.1) is 5.41 Å². The van der Waals surface area contributed by atoms with Crippen LogP contribution in [0.4, 0.5) is 0 Å². The maximum atomic E-state index is 11.7. The summed E-state index contributed by atoms with van der Waals surface area (Å²) in [7, 11) is 0. The molecule has 1 N–H and O–H groups in total. The van der Waals surface area contributed by atoms with E-state index in [1.54, 1.807) is 0 Å². The van der Waals surface area contributed by atoms with Crippen molar-refractivity contribution in [3.05, 3.63) is 0 Å². The highest BCUT2D eigenvalue weighted by Gasteiger charge is 2.25. The van der Waals surface area contributed by atoms with E-state index in [9.17, 15) is 4.79 Å². The van der Waals surface area contributed by atoms with E-state index in [-0.39, 0.29) is 16.7 Å². The Morgan fingerprint density at radius 2 is 1.93 bits per heavy atom. The number of alkyl halides is 1. The molecule has 88 valence electrons. The van der Waals surface area contributed by atoms with Crippen LogP contribution in [0.5, 0.6) is 0 Å². The van der Waals surface area contributed by atoms with Gasteiger partial charge in [-0.2, -0.15) is 0 Å². The molecule has 15 heavy (non-hydrogen) atoms. The molecule has 0 saturated heterocycles. The molecule has 1 fully saturated rings. The standard InChI is InChI=1S/C12H22ClNO/c1-12(2,3)8-10(13)11(15)14-9-6-4-5-7-9/h9-10H,4-8H2,1-3H3,(H,14,15). The third kappa shape index (κ3) is 4.87. The van der Waals surface area contributed by atoms with E-state index in [0.717, 1.165) is 19.3 Å². The van der Waals surface area contributed by atoms with Crippen molar-refractivity contribution in [3.8, 4) is 0 Å². The summed E-state index contributed by atoms with van der Waals surface area (Å²) in [6.45, 7) is 6.31. The maximum absolute atomic E-state index is 11.7. The van der Waals surface area contributed by atoms with Gasteiger partial charge in [-0.05, 0) is 24.7 Å². The van der Waals surface area contributed by atoms with Gasteiger partial charge in [0.25, 0.3) is 0 Å². The van der Waals surface area contributed by atoms with E-state index in [0.29, 0.717) is 6.04 Å². The Hall–Kier alpha value is -0.240. The maximum Gasteiger partial charge on any atom is 0.238 e. The molecule has 0 aromatic heterocycles. The van der Waals surface area contributed by atoms with Crippen LogP contribution in [0.25, 0.3) is 0 Å². The molecule has 1 saturated carbocycles. The molecule has 3 heteroatoms. The zero-order valence-corrected chi connectivity index (χ0v) is 10.7. The lowest BCUT2D eigenvalue weighted by Crippen LogP contribution is -2.39. The molecule has 1 unspecified atom stereocenters. The molecule has 0 bridgehead atoms. The molecule has 1 amide bonds. The van der Waals surface area contributed by atoms with Crippen molar-refractivity contribution in [1.29, 1.82) is 0 Å². The largest absolute Gasteiger partial charge is 0.352 e. The van der Waals surface area contributed by atoms with Crippen molar-refractivity contribution in [3.63, 3.8) is 0 Å². The number of nitrogens with one attached hydrogen (secondary N) is 1. The Balaban J connectivity index is 2.32. The van der Waals surface area contributed by atoms with Crippen molar-refractivity contribution in [1.82, 2.24) is 5.32 Å². The highest BCUT2D eigenvalue weighted by Crippen LogP contribution is 2.24. The molecular formula is C12H22ClNO. The summed E-state index contributed by atoms with van der Waals surface area (Å²) in [5, 5.41) is 2.65. The average molecular weight is 232 g/mol. The minimum Gasteiger partial charge on any atom is -0.352 e. The third-order valence-electron chi connectivity index (χ3n) is 2.78. The lowest BCUT2D eigenvalue weighted by molar-refractivity contribution is -0.121. The van der Waals surface area contributed by atoms with Crippen LogP contribution in [0.1, 0.15) is 52.9 Å². The lowest BCUT2D eigenvalue weighted by Gasteiger charge is -2.22. The smallest absolute Gasteiger partial charge is 0.238 e. The minimum absolute atomic E-state index is 0.0125. The molecule has 0 heterocycles. The van der Waals surface area contributed by atoms with Gasteiger partial charge in [-0.3, -0.25) is 4.79 Å². The lowest BCUT2D eigenvalue weighted by atomic mass is 9.90. The van der Waals surface area contributed by atoms with Gasteiger partial charge in [-0.1, -0.05) is 33.6 Å². The van der Waals surface area contributed by atoms with Crippen LogP contribution in [0.2, 0.25) is 0 Å². The molecule has 0 spiro atoms. The fourth-order valence-electron chi connectivity index (χ4n) is 1.99. The number of carbonyl (C=O) groups excluding carboxylic acids is 1. The summed E-state index contributed by atoms with van der Waals surface area (Å²) >= 11 is 6.08. The number of amides is 1. The molecule has 0 radical (unpaired) electrons. The van der Waals surface area contributed by atoms with Crippen LogP contribution >= 0.6 is 11.6 Å². The summed E-state index contributed by atoms with van der Waals surface area (Å²) in [5.41, 5.74) is 0.111. The predicted molar refractivity (Wildman–Crippen MR) is 64.1 cm³/mol. The zero-order valence-electron chi connectivity index (χ0n) is 9.98. The fourth-order valence-corrected chi connectivity index (χ4v) is 2.52. The van der Waals surface area contributed by atoms with Crippen molar-refractivity contribution >= 4 is 17.5 Å². The molecule has 1 aliphatic rings. The van der Waals surface area contributed by atoms with Crippen LogP contribution < -0.4 is 5.32 Å². The molecule has 0 aromatic carbocycles. The van der Waals surface area contributed by atoms with E-state index < -0.39 is 0 Å². The van der Waals surface area contributed by atoms with E-state index in [4.69, 9.17) is 11.6 Å². The van der Waals surface area contributed by atoms with Gasteiger partial charge < -0.3 is 5.32 Å².